The molecule has 1 amide bonds. The zero-order valence-electron chi connectivity index (χ0n) is 12.1. The average Bonchev–Trinajstić information content (AvgIpc) is 3.07. The molecular weight excluding hydrogens is 236 g/mol. The first-order valence-electron chi connectivity index (χ1n) is 8.38. The van der Waals surface area contributed by atoms with E-state index in [-0.39, 0.29) is 6.04 Å². The number of likely N-dealkylation sites (tertiary alicyclic amines) is 1. The molecule has 1 aliphatic heterocycles. The minimum absolute atomic E-state index is 0.132. The van der Waals surface area contributed by atoms with Crippen LogP contribution in [0.4, 0.5) is 0 Å². The first kappa shape index (κ1) is 13.4. The molecule has 3 nitrogen and oxygen atoms in total. The van der Waals surface area contributed by atoms with E-state index < -0.39 is 0 Å². The first-order chi connectivity index (χ1) is 9.33. The van der Waals surface area contributed by atoms with Crippen molar-refractivity contribution < 1.29 is 4.79 Å². The molecule has 3 rings (SSSR count). The smallest absolute Gasteiger partial charge is 0.239 e. The van der Waals surface area contributed by atoms with Crippen LogP contribution >= 0.6 is 0 Å². The van der Waals surface area contributed by atoms with E-state index in [9.17, 15) is 4.79 Å². The molecule has 2 saturated carbocycles. The van der Waals surface area contributed by atoms with E-state index in [0.29, 0.717) is 11.9 Å². The second kappa shape index (κ2) is 6.25. The Hall–Kier alpha value is -0.570. The summed E-state index contributed by atoms with van der Waals surface area (Å²) in [5.74, 6) is 1.34. The molecule has 3 fully saturated rings. The van der Waals surface area contributed by atoms with Crippen LogP contribution in [0, 0.1) is 5.92 Å². The van der Waals surface area contributed by atoms with Crippen LogP contribution in [0.25, 0.3) is 0 Å². The molecular formula is C16H28N2O. The quantitative estimate of drug-likeness (QED) is 0.800. The van der Waals surface area contributed by atoms with E-state index in [1.807, 2.05) is 0 Å². The largest absolute Gasteiger partial charge is 0.341 e. The van der Waals surface area contributed by atoms with Gasteiger partial charge in [0.25, 0.3) is 0 Å². The number of carbonyl (C=O) groups is 1. The third kappa shape index (κ3) is 3.71. The molecule has 1 N–H and O–H groups in total. The van der Waals surface area contributed by atoms with Crippen molar-refractivity contribution in [1.82, 2.24) is 10.2 Å². The monoisotopic (exact) mass is 264 g/mol. The summed E-state index contributed by atoms with van der Waals surface area (Å²) >= 11 is 0. The Morgan fingerprint density at radius 1 is 1.05 bits per heavy atom. The lowest BCUT2D eigenvalue weighted by molar-refractivity contribution is -0.136. The molecule has 19 heavy (non-hydrogen) atoms. The van der Waals surface area contributed by atoms with Gasteiger partial charge in [0.05, 0.1) is 6.04 Å². The van der Waals surface area contributed by atoms with E-state index in [4.69, 9.17) is 0 Å². The van der Waals surface area contributed by atoms with Crippen molar-refractivity contribution in [2.75, 3.05) is 13.1 Å². The predicted octanol–water partition coefficient (Wildman–Crippen LogP) is 2.70. The zero-order chi connectivity index (χ0) is 13.1. The summed E-state index contributed by atoms with van der Waals surface area (Å²) in [6.45, 7) is 1.99. The van der Waals surface area contributed by atoms with E-state index in [1.54, 1.807) is 0 Å². The fourth-order valence-corrected chi connectivity index (χ4v) is 3.72. The molecule has 108 valence electrons. The van der Waals surface area contributed by atoms with Crippen LogP contribution in [-0.4, -0.2) is 36.0 Å². The summed E-state index contributed by atoms with van der Waals surface area (Å²) in [6.07, 6.45) is 13.0. The number of carbonyl (C=O) groups excluding carboxylic acids is 1. The summed E-state index contributed by atoms with van der Waals surface area (Å²) in [5, 5.41) is 3.51. The number of hydrogen-bond acceptors (Lipinski definition) is 2. The molecule has 2 aliphatic carbocycles. The Bertz CT molecular complexity index is 308. The third-order valence-electron chi connectivity index (χ3n) is 5.06. The molecule has 0 aromatic carbocycles. The van der Waals surface area contributed by atoms with Crippen LogP contribution in [0.3, 0.4) is 0 Å². The highest BCUT2D eigenvalue weighted by atomic mass is 16.2. The lowest BCUT2D eigenvalue weighted by atomic mass is 10.0. The summed E-state index contributed by atoms with van der Waals surface area (Å²) in [7, 11) is 0. The zero-order valence-corrected chi connectivity index (χ0v) is 12.1. The van der Waals surface area contributed by atoms with Crippen LogP contribution in [0.5, 0.6) is 0 Å². The highest BCUT2D eigenvalue weighted by Gasteiger charge is 2.33. The number of piperidine rings is 1. The summed E-state index contributed by atoms with van der Waals surface area (Å²) in [5.41, 5.74) is 0. The Morgan fingerprint density at radius 2 is 1.84 bits per heavy atom. The molecule has 3 heteroatoms. The van der Waals surface area contributed by atoms with Gasteiger partial charge < -0.3 is 10.2 Å². The molecule has 0 aromatic rings. The van der Waals surface area contributed by atoms with Gasteiger partial charge in [-0.3, -0.25) is 4.79 Å². The van der Waals surface area contributed by atoms with Gasteiger partial charge >= 0.3 is 0 Å². The summed E-state index contributed by atoms with van der Waals surface area (Å²) in [4.78, 5) is 14.5. The maximum absolute atomic E-state index is 12.4. The predicted molar refractivity (Wildman–Crippen MR) is 77.0 cm³/mol. The van der Waals surface area contributed by atoms with E-state index >= 15 is 0 Å². The summed E-state index contributed by atoms with van der Waals surface area (Å²) in [6, 6.07) is 0.778. The lowest BCUT2D eigenvalue weighted by Gasteiger charge is -2.33. The van der Waals surface area contributed by atoms with Gasteiger partial charge in [0, 0.05) is 19.1 Å². The van der Waals surface area contributed by atoms with Gasteiger partial charge in [0.15, 0.2) is 0 Å². The normalized spacial score (nSPS) is 29.2. The Morgan fingerprint density at radius 3 is 2.58 bits per heavy atom. The maximum atomic E-state index is 12.4. The van der Waals surface area contributed by atoms with Crippen LogP contribution in [0.2, 0.25) is 0 Å². The molecule has 0 aromatic heterocycles. The van der Waals surface area contributed by atoms with Crippen molar-refractivity contribution in [3.8, 4) is 0 Å². The van der Waals surface area contributed by atoms with Gasteiger partial charge in [0.2, 0.25) is 5.91 Å². The van der Waals surface area contributed by atoms with Crippen LogP contribution in [-0.2, 0) is 4.79 Å². The summed E-state index contributed by atoms with van der Waals surface area (Å²) < 4.78 is 0. The number of hydrogen-bond donors (Lipinski definition) is 1. The molecule has 1 heterocycles. The van der Waals surface area contributed by atoms with Crippen molar-refractivity contribution in [1.29, 1.82) is 0 Å². The number of rotatable bonds is 6. The maximum Gasteiger partial charge on any atom is 0.239 e. The molecule has 3 aliphatic rings. The first-order valence-corrected chi connectivity index (χ1v) is 8.38. The SMILES string of the molecule is O=C1C(NC2CC2)CCCN1CCCC1CCCC1. The second-order valence-corrected chi connectivity index (χ2v) is 6.75. The van der Waals surface area contributed by atoms with Crippen LogP contribution in [0.1, 0.15) is 64.2 Å². The van der Waals surface area contributed by atoms with Crippen LogP contribution in [0.15, 0.2) is 0 Å². The Balaban J connectivity index is 1.39. The van der Waals surface area contributed by atoms with E-state index in [0.717, 1.165) is 25.4 Å². The minimum atomic E-state index is 0.132. The average molecular weight is 264 g/mol. The Labute approximate surface area is 117 Å². The molecule has 1 unspecified atom stereocenters. The van der Waals surface area contributed by atoms with Gasteiger partial charge in [-0.1, -0.05) is 25.7 Å². The standard InChI is InChI=1S/C16H28N2O/c19-16-15(17-14-9-10-14)8-4-12-18(16)11-3-7-13-5-1-2-6-13/h13-15,17H,1-12H2. The van der Waals surface area contributed by atoms with Crippen molar-refractivity contribution in [2.45, 2.75) is 76.3 Å². The van der Waals surface area contributed by atoms with Crippen molar-refractivity contribution in [2.24, 2.45) is 5.92 Å². The highest BCUT2D eigenvalue weighted by molar-refractivity contribution is 5.82. The number of nitrogens with one attached hydrogen (secondary N) is 1. The Kier molecular flexibility index (Phi) is 4.42. The third-order valence-corrected chi connectivity index (χ3v) is 5.06. The minimum Gasteiger partial charge on any atom is -0.341 e. The van der Waals surface area contributed by atoms with Gasteiger partial charge in [-0.2, -0.15) is 0 Å². The van der Waals surface area contributed by atoms with Gasteiger partial charge in [-0.05, 0) is 44.4 Å². The fraction of sp³-hybridized carbons (Fsp3) is 0.938. The molecule has 0 bridgehead atoms. The molecule has 0 spiro atoms. The van der Waals surface area contributed by atoms with Crippen molar-refractivity contribution in [3.05, 3.63) is 0 Å². The van der Waals surface area contributed by atoms with Crippen molar-refractivity contribution >= 4 is 5.91 Å². The number of nitrogens with zero attached hydrogens (tertiary/aromatic N) is 1. The van der Waals surface area contributed by atoms with Gasteiger partial charge in [0.1, 0.15) is 0 Å². The van der Waals surface area contributed by atoms with E-state index in [2.05, 4.69) is 10.2 Å². The fourth-order valence-electron chi connectivity index (χ4n) is 3.72. The molecule has 1 saturated heterocycles. The van der Waals surface area contributed by atoms with Gasteiger partial charge in [-0.15, -0.1) is 0 Å². The molecule has 0 radical (unpaired) electrons. The second-order valence-electron chi connectivity index (χ2n) is 6.75. The van der Waals surface area contributed by atoms with Crippen LogP contribution < -0.4 is 5.32 Å². The van der Waals surface area contributed by atoms with Gasteiger partial charge in [-0.25, -0.2) is 0 Å². The number of amides is 1. The lowest BCUT2D eigenvalue weighted by Crippen LogP contribution is -2.51. The molecule has 1 atom stereocenters. The highest BCUT2D eigenvalue weighted by Crippen LogP contribution is 2.29. The van der Waals surface area contributed by atoms with E-state index in [1.165, 1.54) is 57.8 Å². The topological polar surface area (TPSA) is 32.3 Å². The van der Waals surface area contributed by atoms with Crippen molar-refractivity contribution in [3.63, 3.8) is 0 Å².